The van der Waals surface area contributed by atoms with Gasteiger partial charge >= 0.3 is 39.1 Å². The van der Waals surface area contributed by atoms with E-state index in [1.54, 1.807) is 0 Å². The first kappa shape index (κ1) is 37.3. The van der Waals surface area contributed by atoms with Crippen LogP contribution in [0, 0.1) is 0 Å². The Morgan fingerprint density at radius 1 is 0.891 bits per heavy atom. The molecular formula is C25H18Cl3F6N3O7S2. The summed E-state index contributed by atoms with van der Waals surface area (Å²) >= 11 is 17.6. The number of alkyl halides is 6. The average Bonchev–Trinajstić information content (AvgIpc) is 2.95. The first-order valence-corrected chi connectivity index (χ1v) is 15.7. The zero-order valence-corrected chi connectivity index (χ0v) is 26.4. The van der Waals surface area contributed by atoms with Crippen molar-refractivity contribution in [1.29, 1.82) is 0 Å². The van der Waals surface area contributed by atoms with Crippen molar-refractivity contribution >= 4 is 80.1 Å². The van der Waals surface area contributed by atoms with Crippen LogP contribution < -0.4 is 25.8 Å². The summed E-state index contributed by atoms with van der Waals surface area (Å²) in [6.45, 7) is 0. The number of hydrogen-bond acceptors (Lipinski definition) is 8. The Balaban J connectivity index is 1.85. The Hall–Kier alpha value is -3.13. The van der Waals surface area contributed by atoms with Gasteiger partial charge in [-0.15, -0.1) is 11.8 Å². The van der Waals surface area contributed by atoms with Crippen molar-refractivity contribution in [1.82, 2.24) is 0 Å². The van der Waals surface area contributed by atoms with Crippen LogP contribution in [0.1, 0.15) is 5.56 Å². The SMILES string of the molecule is CSC(F)C(F)(F)C(N)(C(=O)Oc1ccc(NC(=O)Nc2cc(C(F)(F)F)ccc2Oc2ccc(Cl)c(Cl)c2)c(Cl)c1)S(=O)(=O)O. The lowest BCUT2D eigenvalue weighted by Crippen LogP contribution is -2.69. The molecular weight excluding hydrogens is 739 g/mol. The van der Waals surface area contributed by atoms with Crippen LogP contribution in [0.4, 0.5) is 42.5 Å². The van der Waals surface area contributed by atoms with Gasteiger partial charge in [-0.2, -0.15) is 30.4 Å². The fraction of sp³-hybridized carbons (Fsp3) is 0.200. The Labute approximate surface area is 275 Å². The summed E-state index contributed by atoms with van der Waals surface area (Å²) in [6, 6.07) is 7.41. The molecule has 0 bridgehead atoms. The Bertz CT molecular complexity index is 1770. The van der Waals surface area contributed by atoms with Gasteiger partial charge < -0.3 is 20.1 Å². The van der Waals surface area contributed by atoms with Crippen molar-refractivity contribution in [2.45, 2.75) is 22.5 Å². The number of esters is 1. The van der Waals surface area contributed by atoms with Crippen LogP contribution >= 0.6 is 46.6 Å². The van der Waals surface area contributed by atoms with Crippen molar-refractivity contribution in [2.24, 2.45) is 5.73 Å². The van der Waals surface area contributed by atoms with Gasteiger partial charge in [0.2, 0.25) is 5.50 Å². The van der Waals surface area contributed by atoms with Gasteiger partial charge in [0.25, 0.3) is 0 Å². The van der Waals surface area contributed by atoms with Gasteiger partial charge in [-0.3, -0.25) is 10.3 Å². The molecule has 2 unspecified atom stereocenters. The van der Waals surface area contributed by atoms with Crippen LogP contribution in [0.15, 0.2) is 54.6 Å². The zero-order chi connectivity index (χ0) is 34.8. The number of amides is 2. The highest BCUT2D eigenvalue weighted by Crippen LogP contribution is 2.41. The van der Waals surface area contributed by atoms with E-state index < -0.39 is 66.6 Å². The first-order chi connectivity index (χ1) is 21.1. The van der Waals surface area contributed by atoms with Crippen LogP contribution in [-0.4, -0.2) is 47.5 Å². The minimum absolute atomic E-state index is 0.0505. The summed E-state index contributed by atoms with van der Waals surface area (Å²) in [5.41, 5.74) is -0.250. The Morgan fingerprint density at radius 2 is 1.48 bits per heavy atom. The van der Waals surface area contributed by atoms with E-state index >= 15 is 0 Å². The largest absolute Gasteiger partial charge is 0.455 e. The lowest BCUT2D eigenvalue weighted by atomic mass is 10.1. The lowest BCUT2D eigenvalue weighted by molar-refractivity contribution is -0.153. The van der Waals surface area contributed by atoms with Gasteiger partial charge in [0.1, 0.15) is 11.5 Å². The third-order valence-electron chi connectivity index (χ3n) is 5.77. The highest BCUT2D eigenvalue weighted by atomic mass is 35.5. The van der Waals surface area contributed by atoms with Gasteiger partial charge in [-0.1, -0.05) is 34.8 Å². The molecule has 2 atom stereocenters. The number of urea groups is 1. The van der Waals surface area contributed by atoms with Gasteiger partial charge in [-0.25, -0.2) is 14.0 Å². The monoisotopic (exact) mass is 755 g/mol. The highest BCUT2D eigenvalue weighted by molar-refractivity contribution is 7.99. The van der Waals surface area contributed by atoms with E-state index in [0.29, 0.717) is 18.2 Å². The number of ether oxygens (including phenoxy) is 2. The van der Waals surface area contributed by atoms with Gasteiger partial charge in [-0.05, 0) is 48.7 Å². The molecule has 2 amide bonds. The van der Waals surface area contributed by atoms with Crippen LogP contribution in [-0.2, 0) is 21.1 Å². The topological polar surface area (TPSA) is 157 Å². The molecule has 3 aromatic carbocycles. The molecule has 0 saturated heterocycles. The second-order valence-corrected chi connectivity index (χ2v) is 12.6. The molecule has 0 aliphatic rings. The van der Waals surface area contributed by atoms with E-state index in [0.717, 1.165) is 24.5 Å². The van der Waals surface area contributed by atoms with E-state index in [1.807, 2.05) is 0 Å². The van der Waals surface area contributed by atoms with Crippen molar-refractivity contribution in [3.05, 3.63) is 75.2 Å². The minimum Gasteiger partial charge on any atom is -0.455 e. The first-order valence-electron chi connectivity index (χ1n) is 11.9. The number of hydrogen-bond donors (Lipinski definition) is 4. The smallest absolute Gasteiger partial charge is 0.416 e. The highest BCUT2D eigenvalue weighted by Gasteiger charge is 2.71. The van der Waals surface area contributed by atoms with E-state index in [2.05, 4.69) is 15.4 Å². The van der Waals surface area contributed by atoms with Gasteiger partial charge in [0.15, 0.2) is 5.75 Å². The molecule has 0 saturated carbocycles. The second kappa shape index (κ2) is 13.9. The summed E-state index contributed by atoms with van der Waals surface area (Å²) in [5.74, 6) is -8.62. The number of carbonyl (C=O) groups excluding carboxylic acids is 2. The number of halogens is 9. The number of thioether (sulfide) groups is 1. The number of rotatable bonds is 10. The predicted octanol–water partition coefficient (Wildman–Crippen LogP) is 7.84. The Kier molecular flexibility index (Phi) is 11.3. The molecule has 3 rings (SSSR count). The molecule has 5 N–H and O–H groups in total. The standard InChI is InChI=1S/C25H18Cl3F6N3O7S2/c1-45-20(29)23(30,31)24(35,46(40,41)42)21(38)44-13-4-6-17(16(28)10-13)36-22(39)37-18-8-11(25(32,33)34)2-7-19(18)43-12-3-5-14(26)15(27)9-12/h2-10,20H,35H2,1H3,(H2,36,37,39)(H,40,41,42). The Morgan fingerprint density at radius 3 is 2.02 bits per heavy atom. The number of carbonyl (C=O) groups is 2. The molecule has 0 aliphatic carbocycles. The maximum atomic E-state index is 14.5. The fourth-order valence-corrected chi connectivity index (χ4v) is 5.17. The molecule has 3 aromatic rings. The van der Waals surface area contributed by atoms with E-state index in [-0.39, 0.29) is 39.0 Å². The van der Waals surface area contributed by atoms with E-state index in [1.165, 1.54) is 18.2 Å². The van der Waals surface area contributed by atoms with E-state index in [9.17, 15) is 48.9 Å². The van der Waals surface area contributed by atoms with Crippen molar-refractivity contribution in [3.8, 4) is 17.2 Å². The summed E-state index contributed by atoms with van der Waals surface area (Å²) in [7, 11) is -6.19. The average molecular weight is 757 g/mol. The molecule has 21 heteroatoms. The molecule has 0 radical (unpaired) electrons. The van der Waals surface area contributed by atoms with E-state index in [4.69, 9.17) is 45.3 Å². The fourth-order valence-electron chi connectivity index (χ4n) is 3.41. The summed E-state index contributed by atoms with van der Waals surface area (Å²) < 4.78 is 126. The van der Waals surface area contributed by atoms with Crippen molar-refractivity contribution < 1.29 is 58.4 Å². The summed E-state index contributed by atoms with van der Waals surface area (Å²) in [4.78, 5) is 20.6. The van der Waals surface area contributed by atoms with Crippen molar-refractivity contribution in [2.75, 3.05) is 16.9 Å². The third-order valence-corrected chi connectivity index (χ3v) is 8.78. The van der Waals surface area contributed by atoms with Crippen LogP contribution in [0.25, 0.3) is 0 Å². The second-order valence-electron chi connectivity index (χ2n) is 8.88. The minimum atomic E-state index is -6.19. The molecule has 0 fully saturated rings. The number of nitrogens with two attached hydrogens (primary N) is 1. The van der Waals surface area contributed by atoms with Gasteiger partial charge in [0.05, 0.1) is 32.0 Å². The molecule has 0 heterocycles. The number of anilines is 2. The lowest BCUT2D eigenvalue weighted by Gasteiger charge is -2.32. The molecule has 46 heavy (non-hydrogen) atoms. The normalized spacial score (nSPS) is 14.2. The predicted molar refractivity (Wildman–Crippen MR) is 160 cm³/mol. The maximum Gasteiger partial charge on any atom is 0.416 e. The third kappa shape index (κ3) is 8.04. The molecule has 0 aliphatic heterocycles. The van der Waals surface area contributed by atoms with Crippen LogP contribution in [0.2, 0.25) is 15.1 Å². The van der Waals surface area contributed by atoms with Crippen LogP contribution in [0.5, 0.6) is 17.2 Å². The quantitative estimate of drug-likeness (QED) is 0.0700. The molecule has 0 aromatic heterocycles. The summed E-state index contributed by atoms with van der Waals surface area (Å²) in [5, 5.41) is 4.08. The molecule has 250 valence electrons. The molecule has 0 spiro atoms. The van der Waals surface area contributed by atoms with Gasteiger partial charge in [0, 0.05) is 12.1 Å². The zero-order valence-electron chi connectivity index (χ0n) is 22.5. The van der Waals surface area contributed by atoms with Crippen molar-refractivity contribution in [3.63, 3.8) is 0 Å². The molecule has 10 nitrogen and oxygen atoms in total. The van der Waals surface area contributed by atoms with Crippen LogP contribution in [0.3, 0.4) is 0 Å². The summed E-state index contributed by atoms with van der Waals surface area (Å²) in [6.07, 6.45) is -4.00. The maximum absolute atomic E-state index is 14.5. The number of benzene rings is 3. The number of nitrogens with one attached hydrogen (secondary N) is 2.